The summed E-state index contributed by atoms with van der Waals surface area (Å²) in [6.45, 7) is 2.24. The van der Waals surface area contributed by atoms with Crippen LogP contribution in [-0.2, 0) is 11.3 Å². The standard InChI is InChI=1S/C13H13N7OS/c1-9-11(22-19-16-9)7-14-13(21)12(20-8-15-17-18-20)10-5-3-2-4-6-10/h2-6,8,12H,7H2,1H3,(H,14,21)/t12-/m1/s1. The van der Waals surface area contributed by atoms with Gasteiger partial charge in [0.05, 0.1) is 17.1 Å². The Morgan fingerprint density at radius 3 is 2.82 bits per heavy atom. The summed E-state index contributed by atoms with van der Waals surface area (Å²) in [4.78, 5) is 13.5. The van der Waals surface area contributed by atoms with Gasteiger partial charge in [0.15, 0.2) is 6.04 Å². The number of aromatic nitrogens is 6. The van der Waals surface area contributed by atoms with Gasteiger partial charge in [-0.05, 0) is 34.4 Å². The average molecular weight is 315 g/mol. The fourth-order valence-electron chi connectivity index (χ4n) is 2.02. The largest absolute Gasteiger partial charge is 0.349 e. The summed E-state index contributed by atoms with van der Waals surface area (Å²) < 4.78 is 5.29. The normalized spacial score (nSPS) is 12.0. The van der Waals surface area contributed by atoms with Crippen molar-refractivity contribution in [1.29, 1.82) is 0 Å². The minimum Gasteiger partial charge on any atom is -0.349 e. The van der Waals surface area contributed by atoms with Crippen LogP contribution in [0.1, 0.15) is 22.2 Å². The molecule has 1 atom stereocenters. The number of amides is 1. The Morgan fingerprint density at radius 2 is 2.18 bits per heavy atom. The molecule has 2 aromatic heterocycles. The van der Waals surface area contributed by atoms with Crippen LogP contribution >= 0.6 is 11.5 Å². The molecule has 112 valence electrons. The number of nitrogens with zero attached hydrogens (tertiary/aromatic N) is 6. The summed E-state index contributed by atoms with van der Waals surface area (Å²) in [6.07, 6.45) is 1.43. The van der Waals surface area contributed by atoms with Crippen LogP contribution in [0.3, 0.4) is 0 Å². The van der Waals surface area contributed by atoms with Gasteiger partial charge in [-0.1, -0.05) is 34.8 Å². The summed E-state index contributed by atoms with van der Waals surface area (Å²) in [6, 6.07) is 8.76. The zero-order chi connectivity index (χ0) is 15.4. The SMILES string of the molecule is Cc1nnsc1CNC(=O)[C@@H](c1ccccc1)n1cnnn1. The molecule has 2 heterocycles. The molecule has 3 aromatic rings. The molecule has 1 aromatic carbocycles. The molecule has 8 nitrogen and oxygen atoms in total. The molecule has 0 saturated carbocycles. The molecule has 0 aliphatic rings. The Bertz CT molecular complexity index is 741. The van der Waals surface area contributed by atoms with E-state index in [2.05, 4.69) is 30.4 Å². The number of rotatable bonds is 5. The lowest BCUT2D eigenvalue weighted by Crippen LogP contribution is -2.33. The molecule has 22 heavy (non-hydrogen) atoms. The maximum Gasteiger partial charge on any atom is 0.249 e. The Kier molecular flexibility index (Phi) is 4.15. The van der Waals surface area contributed by atoms with Crippen molar-refractivity contribution in [3.63, 3.8) is 0 Å². The van der Waals surface area contributed by atoms with Gasteiger partial charge in [0.2, 0.25) is 5.91 Å². The first-order valence-electron chi connectivity index (χ1n) is 6.58. The highest BCUT2D eigenvalue weighted by molar-refractivity contribution is 7.05. The fourth-order valence-corrected chi connectivity index (χ4v) is 2.59. The van der Waals surface area contributed by atoms with Crippen molar-refractivity contribution in [2.45, 2.75) is 19.5 Å². The molecular weight excluding hydrogens is 302 g/mol. The van der Waals surface area contributed by atoms with Crippen molar-refractivity contribution in [2.24, 2.45) is 0 Å². The van der Waals surface area contributed by atoms with Gasteiger partial charge in [-0.3, -0.25) is 4.79 Å². The number of carbonyl (C=O) groups excluding carboxylic acids is 1. The number of carbonyl (C=O) groups is 1. The summed E-state index contributed by atoms with van der Waals surface area (Å²) in [5, 5.41) is 17.9. The molecule has 0 fully saturated rings. The van der Waals surface area contributed by atoms with Gasteiger partial charge in [-0.2, -0.15) is 0 Å². The van der Waals surface area contributed by atoms with Gasteiger partial charge in [-0.15, -0.1) is 10.2 Å². The third kappa shape index (κ3) is 2.98. The third-order valence-electron chi connectivity index (χ3n) is 3.16. The van der Waals surface area contributed by atoms with E-state index in [0.29, 0.717) is 6.54 Å². The molecule has 0 unspecified atom stereocenters. The Labute approximate surface area is 130 Å². The second kappa shape index (κ2) is 6.39. The van der Waals surface area contributed by atoms with Crippen LogP contribution in [0.15, 0.2) is 36.7 Å². The molecule has 1 N–H and O–H groups in total. The first kappa shape index (κ1) is 14.3. The summed E-state index contributed by atoms with van der Waals surface area (Å²) in [5.74, 6) is -0.189. The lowest BCUT2D eigenvalue weighted by Gasteiger charge is -2.16. The Morgan fingerprint density at radius 1 is 1.36 bits per heavy atom. The summed E-state index contributed by atoms with van der Waals surface area (Å²) in [5.41, 5.74) is 1.63. The first-order valence-corrected chi connectivity index (χ1v) is 7.36. The fraction of sp³-hybridized carbons (Fsp3) is 0.231. The number of hydrogen-bond acceptors (Lipinski definition) is 7. The van der Waals surface area contributed by atoms with Gasteiger partial charge in [-0.25, -0.2) is 4.68 Å². The molecule has 0 aliphatic heterocycles. The van der Waals surface area contributed by atoms with E-state index in [1.54, 1.807) is 0 Å². The van der Waals surface area contributed by atoms with E-state index in [1.165, 1.54) is 22.5 Å². The minimum atomic E-state index is -0.614. The quantitative estimate of drug-likeness (QED) is 0.745. The van der Waals surface area contributed by atoms with E-state index < -0.39 is 6.04 Å². The number of benzene rings is 1. The minimum absolute atomic E-state index is 0.189. The molecule has 0 bridgehead atoms. The number of tetrazole rings is 1. The monoisotopic (exact) mass is 315 g/mol. The van der Waals surface area contributed by atoms with E-state index in [0.717, 1.165) is 16.1 Å². The number of hydrogen-bond donors (Lipinski definition) is 1. The van der Waals surface area contributed by atoms with Gasteiger partial charge in [0, 0.05) is 0 Å². The van der Waals surface area contributed by atoms with Crippen molar-refractivity contribution in [1.82, 2.24) is 35.1 Å². The van der Waals surface area contributed by atoms with Crippen LogP contribution in [0.2, 0.25) is 0 Å². The molecular formula is C13H13N7OS. The predicted octanol–water partition coefficient (Wildman–Crippen LogP) is 0.739. The molecule has 3 rings (SSSR count). The topological polar surface area (TPSA) is 98.5 Å². The van der Waals surface area contributed by atoms with Gasteiger partial charge >= 0.3 is 0 Å². The highest BCUT2D eigenvalue weighted by atomic mass is 32.1. The van der Waals surface area contributed by atoms with Crippen molar-refractivity contribution in [3.8, 4) is 0 Å². The molecule has 0 radical (unpaired) electrons. The van der Waals surface area contributed by atoms with E-state index in [4.69, 9.17) is 0 Å². The van der Waals surface area contributed by atoms with E-state index in [9.17, 15) is 4.79 Å². The van der Waals surface area contributed by atoms with Crippen LogP contribution in [0.4, 0.5) is 0 Å². The van der Waals surface area contributed by atoms with Crippen LogP contribution < -0.4 is 5.32 Å². The number of aryl methyl sites for hydroxylation is 1. The van der Waals surface area contributed by atoms with Crippen LogP contribution in [0, 0.1) is 6.92 Å². The van der Waals surface area contributed by atoms with E-state index in [-0.39, 0.29) is 5.91 Å². The van der Waals surface area contributed by atoms with E-state index >= 15 is 0 Å². The Balaban J connectivity index is 1.80. The zero-order valence-electron chi connectivity index (χ0n) is 11.7. The molecule has 0 spiro atoms. The van der Waals surface area contributed by atoms with E-state index in [1.807, 2.05) is 37.3 Å². The highest BCUT2D eigenvalue weighted by Crippen LogP contribution is 2.17. The maximum absolute atomic E-state index is 12.6. The molecule has 0 saturated heterocycles. The van der Waals surface area contributed by atoms with Crippen LogP contribution in [0.25, 0.3) is 0 Å². The third-order valence-corrected chi connectivity index (χ3v) is 3.99. The lowest BCUT2D eigenvalue weighted by molar-refractivity contribution is -0.123. The maximum atomic E-state index is 12.6. The molecule has 9 heteroatoms. The van der Waals surface area contributed by atoms with Crippen molar-refractivity contribution in [3.05, 3.63) is 52.8 Å². The average Bonchev–Trinajstić information content (AvgIpc) is 3.19. The highest BCUT2D eigenvalue weighted by Gasteiger charge is 2.23. The van der Waals surface area contributed by atoms with Crippen molar-refractivity contribution in [2.75, 3.05) is 0 Å². The van der Waals surface area contributed by atoms with Gasteiger partial charge < -0.3 is 5.32 Å². The number of nitrogens with one attached hydrogen (secondary N) is 1. The van der Waals surface area contributed by atoms with Crippen molar-refractivity contribution >= 4 is 17.4 Å². The first-order chi connectivity index (χ1) is 10.8. The van der Waals surface area contributed by atoms with Gasteiger partial charge in [0.25, 0.3) is 0 Å². The molecule has 0 aliphatic carbocycles. The van der Waals surface area contributed by atoms with Gasteiger partial charge in [0.1, 0.15) is 6.33 Å². The van der Waals surface area contributed by atoms with Crippen LogP contribution in [0.5, 0.6) is 0 Å². The molecule has 1 amide bonds. The predicted molar refractivity (Wildman–Crippen MR) is 78.9 cm³/mol. The second-order valence-electron chi connectivity index (χ2n) is 4.60. The summed E-state index contributed by atoms with van der Waals surface area (Å²) >= 11 is 1.27. The summed E-state index contributed by atoms with van der Waals surface area (Å²) in [7, 11) is 0. The Hall–Kier alpha value is -2.68. The smallest absolute Gasteiger partial charge is 0.249 e. The second-order valence-corrected chi connectivity index (χ2v) is 5.44. The van der Waals surface area contributed by atoms with Crippen molar-refractivity contribution < 1.29 is 4.79 Å². The zero-order valence-corrected chi connectivity index (χ0v) is 12.6. The van der Waals surface area contributed by atoms with Crippen LogP contribution in [-0.4, -0.2) is 35.7 Å². The lowest BCUT2D eigenvalue weighted by atomic mass is 10.1.